The number of hydrogen-bond acceptors (Lipinski definition) is 7. The van der Waals surface area contributed by atoms with E-state index < -0.39 is 17.7 Å². The number of ether oxygens (including phenoxy) is 3. The average Bonchev–Trinajstić information content (AvgIpc) is 2.52. The summed E-state index contributed by atoms with van der Waals surface area (Å²) in [6.07, 6.45) is 0.101. The number of esters is 1. The van der Waals surface area contributed by atoms with Gasteiger partial charge in [-0.15, -0.1) is 0 Å². The molecule has 1 aromatic carbocycles. The van der Waals surface area contributed by atoms with Crippen LogP contribution in [-0.4, -0.2) is 38.5 Å². The van der Waals surface area contributed by atoms with Gasteiger partial charge in [0.05, 0.1) is 37.3 Å². The lowest BCUT2D eigenvalue weighted by atomic mass is 9.98. The predicted octanol–water partition coefficient (Wildman–Crippen LogP) is 3.48. The fraction of sp³-hybridized carbons (Fsp3) is 0.529. The molecule has 1 amide bonds. The first-order valence-electron chi connectivity index (χ1n) is 7.84. The van der Waals surface area contributed by atoms with Crippen LogP contribution in [0.3, 0.4) is 0 Å². The first-order chi connectivity index (χ1) is 11.7. The van der Waals surface area contributed by atoms with Gasteiger partial charge < -0.3 is 23.7 Å². The van der Waals surface area contributed by atoms with Crippen molar-refractivity contribution in [1.29, 1.82) is 0 Å². The molecule has 0 aliphatic carbocycles. The van der Waals surface area contributed by atoms with Crippen molar-refractivity contribution in [1.82, 2.24) is 5.32 Å². The van der Waals surface area contributed by atoms with Crippen molar-refractivity contribution >= 4 is 24.1 Å². The summed E-state index contributed by atoms with van der Waals surface area (Å²) in [4.78, 5) is 24.7. The van der Waals surface area contributed by atoms with E-state index in [2.05, 4.69) is 5.32 Å². The Morgan fingerprint density at radius 3 is 2.60 bits per heavy atom. The molecule has 0 aromatic heterocycles. The Balaban J connectivity index is 2.31. The molecule has 1 aliphatic rings. The summed E-state index contributed by atoms with van der Waals surface area (Å²) in [6.45, 7) is 5.84. The van der Waals surface area contributed by atoms with Gasteiger partial charge >= 0.3 is 12.1 Å². The van der Waals surface area contributed by atoms with Crippen molar-refractivity contribution in [2.24, 2.45) is 0 Å². The third-order valence-corrected chi connectivity index (χ3v) is 4.10. The number of methoxy groups -OCH3 is 1. The first kappa shape index (κ1) is 19.4. The van der Waals surface area contributed by atoms with E-state index in [1.165, 1.54) is 14.2 Å². The third-order valence-electron chi connectivity index (χ3n) is 3.42. The molecule has 138 valence electrons. The molecular formula is C17H23NO6S. The second-order valence-electron chi connectivity index (χ2n) is 6.46. The normalized spacial score (nSPS) is 16.4. The topological polar surface area (TPSA) is 83.1 Å². The van der Waals surface area contributed by atoms with Gasteiger partial charge in [0.2, 0.25) is 0 Å². The highest BCUT2D eigenvalue weighted by Crippen LogP contribution is 2.38. The zero-order valence-electron chi connectivity index (χ0n) is 15.0. The fourth-order valence-corrected chi connectivity index (χ4v) is 3.03. The number of rotatable bonds is 4. The van der Waals surface area contributed by atoms with Crippen LogP contribution in [0.5, 0.6) is 5.75 Å². The standard InChI is InChI=1S/C17H23NO6S/c1-17(2,3)24-16(20)18-12-6-7-23-13-8-11(15(19)21-4)14(25-22-5)9-10(12)13/h8-9,12H,6-7H2,1-5H3,(H,18,20). The highest BCUT2D eigenvalue weighted by atomic mass is 32.2. The number of benzene rings is 1. The molecule has 1 atom stereocenters. The third kappa shape index (κ3) is 5.02. The van der Waals surface area contributed by atoms with Crippen LogP contribution in [-0.2, 0) is 13.7 Å². The minimum atomic E-state index is -0.579. The van der Waals surface area contributed by atoms with Gasteiger partial charge in [0.15, 0.2) is 0 Å². The van der Waals surface area contributed by atoms with Gasteiger partial charge in [-0.1, -0.05) is 0 Å². The molecule has 8 heteroatoms. The Hall–Kier alpha value is -1.93. The molecular weight excluding hydrogens is 346 g/mol. The maximum absolute atomic E-state index is 12.1. The minimum absolute atomic E-state index is 0.276. The highest BCUT2D eigenvalue weighted by molar-refractivity contribution is 7.94. The molecule has 0 radical (unpaired) electrons. The van der Waals surface area contributed by atoms with E-state index >= 15 is 0 Å². The first-order valence-corrected chi connectivity index (χ1v) is 8.58. The van der Waals surface area contributed by atoms with Crippen LogP contribution in [0, 0.1) is 0 Å². The molecule has 0 saturated carbocycles. The molecule has 1 unspecified atom stereocenters. The molecule has 2 rings (SSSR count). The largest absolute Gasteiger partial charge is 0.493 e. The number of nitrogens with one attached hydrogen (secondary N) is 1. The van der Waals surface area contributed by atoms with Gasteiger partial charge in [-0.05, 0) is 32.9 Å². The Bertz CT molecular complexity index is 655. The number of fused-ring (bicyclic) bond motifs is 1. The minimum Gasteiger partial charge on any atom is -0.493 e. The van der Waals surface area contributed by atoms with Crippen molar-refractivity contribution in [3.63, 3.8) is 0 Å². The molecule has 1 aromatic rings. The van der Waals surface area contributed by atoms with Gasteiger partial charge in [0, 0.05) is 24.0 Å². The van der Waals surface area contributed by atoms with E-state index in [0.29, 0.717) is 29.2 Å². The Labute approximate surface area is 151 Å². The van der Waals surface area contributed by atoms with E-state index in [4.69, 9.17) is 18.4 Å². The zero-order chi connectivity index (χ0) is 18.6. The number of carbonyl (C=O) groups excluding carboxylic acids is 2. The van der Waals surface area contributed by atoms with Crippen molar-refractivity contribution in [2.75, 3.05) is 20.8 Å². The smallest absolute Gasteiger partial charge is 0.408 e. The predicted molar refractivity (Wildman–Crippen MR) is 92.9 cm³/mol. The van der Waals surface area contributed by atoms with Gasteiger partial charge in [-0.25, -0.2) is 9.59 Å². The number of hydrogen-bond donors (Lipinski definition) is 1. The molecule has 0 saturated heterocycles. The van der Waals surface area contributed by atoms with E-state index in [1.807, 2.05) is 0 Å². The van der Waals surface area contributed by atoms with E-state index in [-0.39, 0.29) is 6.04 Å². The molecule has 1 aliphatic heterocycles. The highest BCUT2D eigenvalue weighted by Gasteiger charge is 2.28. The van der Waals surface area contributed by atoms with E-state index in [9.17, 15) is 9.59 Å². The average molecular weight is 369 g/mol. The van der Waals surface area contributed by atoms with E-state index in [1.54, 1.807) is 32.9 Å². The second-order valence-corrected chi connectivity index (χ2v) is 7.40. The Morgan fingerprint density at radius 1 is 1.28 bits per heavy atom. The van der Waals surface area contributed by atoms with Crippen molar-refractivity contribution in [2.45, 2.75) is 43.7 Å². The maximum Gasteiger partial charge on any atom is 0.408 e. The van der Waals surface area contributed by atoms with Crippen LogP contribution in [0.2, 0.25) is 0 Å². The SMILES string of the molecule is COSc1cc2c(cc1C(=O)OC)OCCC2NC(=O)OC(C)(C)C. The van der Waals surface area contributed by atoms with Crippen LogP contribution in [0.4, 0.5) is 4.79 Å². The van der Waals surface area contributed by atoms with E-state index in [0.717, 1.165) is 17.6 Å². The molecule has 0 fully saturated rings. The fourth-order valence-electron chi connectivity index (χ4n) is 2.44. The summed E-state index contributed by atoms with van der Waals surface area (Å²) < 4.78 is 20.9. The monoisotopic (exact) mass is 369 g/mol. The lowest BCUT2D eigenvalue weighted by Crippen LogP contribution is -2.36. The summed E-state index contributed by atoms with van der Waals surface area (Å²) in [5, 5.41) is 2.86. The zero-order valence-corrected chi connectivity index (χ0v) is 15.8. The van der Waals surface area contributed by atoms with Gasteiger partial charge in [-0.3, -0.25) is 0 Å². The molecule has 1 N–H and O–H groups in total. The molecule has 0 bridgehead atoms. The van der Waals surface area contributed by atoms with Crippen LogP contribution in [0.25, 0.3) is 0 Å². The number of alkyl carbamates (subject to hydrolysis) is 1. The van der Waals surface area contributed by atoms with Crippen molar-refractivity contribution in [3.05, 3.63) is 23.3 Å². The number of carbonyl (C=O) groups is 2. The summed E-state index contributed by atoms with van der Waals surface area (Å²) in [6, 6.07) is 3.11. The van der Waals surface area contributed by atoms with Crippen LogP contribution in [0.15, 0.2) is 17.0 Å². The summed E-state index contributed by atoms with van der Waals surface area (Å²) in [5.74, 6) is 0.0568. The molecule has 7 nitrogen and oxygen atoms in total. The Kier molecular flexibility index (Phi) is 6.18. The van der Waals surface area contributed by atoms with Gasteiger partial charge in [-0.2, -0.15) is 0 Å². The lowest BCUT2D eigenvalue weighted by Gasteiger charge is -2.29. The lowest BCUT2D eigenvalue weighted by molar-refractivity contribution is 0.0488. The Morgan fingerprint density at radius 2 is 2.00 bits per heavy atom. The summed E-state index contributed by atoms with van der Waals surface area (Å²) in [5.41, 5.74) is 0.541. The quantitative estimate of drug-likeness (QED) is 0.642. The second kappa shape index (κ2) is 7.97. The molecule has 0 spiro atoms. The van der Waals surface area contributed by atoms with Crippen LogP contribution >= 0.6 is 12.0 Å². The molecule has 25 heavy (non-hydrogen) atoms. The van der Waals surface area contributed by atoms with Crippen LogP contribution < -0.4 is 10.1 Å². The van der Waals surface area contributed by atoms with Gasteiger partial charge in [0.25, 0.3) is 0 Å². The van der Waals surface area contributed by atoms with Gasteiger partial charge in [0.1, 0.15) is 11.4 Å². The maximum atomic E-state index is 12.1. The van der Waals surface area contributed by atoms with Crippen molar-refractivity contribution in [3.8, 4) is 5.75 Å². The number of amides is 1. The van der Waals surface area contributed by atoms with Crippen LogP contribution in [0.1, 0.15) is 49.2 Å². The summed E-state index contributed by atoms with van der Waals surface area (Å²) in [7, 11) is 2.83. The summed E-state index contributed by atoms with van der Waals surface area (Å²) >= 11 is 1.05. The molecule has 1 heterocycles. The van der Waals surface area contributed by atoms with Crippen molar-refractivity contribution < 1.29 is 28.0 Å².